The lowest BCUT2D eigenvalue weighted by molar-refractivity contribution is -0.00870. The molecule has 2 aromatic carbocycles. The van der Waals surface area contributed by atoms with Crippen molar-refractivity contribution in [1.82, 2.24) is 9.80 Å². The summed E-state index contributed by atoms with van der Waals surface area (Å²) in [6.45, 7) is 4.65. The zero-order chi connectivity index (χ0) is 19.8. The molecule has 5 heteroatoms. The fourth-order valence-corrected chi connectivity index (χ4v) is 5.86. The first kappa shape index (κ1) is 19.0. The summed E-state index contributed by atoms with van der Waals surface area (Å²) in [6.07, 6.45) is 2.57. The Balaban J connectivity index is 1.40. The number of ether oxygens (including phenoxy) is 1. The van der Waals surface area contributed by atoms with E-state index in [1.807, 2.05) is 24.3 Å². The molecule has 2 bridgehead atoms. The molecule has 0 amide bonds. The van der Waals surface area contributed by atoms with E-state index in [0.29, 0.717) is 24.6 Å². The van der Waals surface area contributed by atoms with Crippen LogP contribution >= 0.6 is 0 Å². The molecule has 6 rings (SSSR count). The molecule has 0 aliphatic carbocycles. The molecule has 0 radical (unpaired) electrons. The second-order valence-electron chi connectivity index (χ2n) is 8.66. The van der Waals surface area contributed by atoms with Crippen molar-refractivity contribution in [2.24, 2.45) is 5.92 Å². The minimum absolute atomic E-state index is 0.0248. The van der Waals surface area contributed by atoms with Gasteiger partial charge in [0.05, 0.1) is 6.61 Å². The third-order valence-electron chi connectivity index (χ3n) is 7.04. The molecule has 2 aromatic rings. The van der Waals surface area contributed by atoms with Crippen LogP contribution in [0.5, 0.6) is 5.75 Å². The van der Waals surface area contributed by atoms with Gasteiger partial charge in [-0.05, 0) is 67.2 Å². The highest BCUT2D eigenvalue weighted by Crippen LogP contribution is 2.47. The summed E-state index contributed by atoms with van der Waals surface area (Å²) < 4.78 is 19.1. The predicted octanol–water partition coefficient (Wildman–Crippen LogP) is 3.26. The highest BCUT2D eigenvalue weighted by atomic mass is 19.1. The Kier molecular flexibility index (Phi) is 5.29. The summed E-state index contributed by atoms with van der Waals surface area (Å²) in [5.74, 6) is 1.84. The molecular formula is C24H29FN2O2. The van der Waals surface area contributed by atoms with E-state index >= 15 is 0 Å². The Bertz CT molecular complexity index is 835. The Labute approximate surface area is 171 Å². The average Bonchev–Trinajstić information content (AvgIpc) is 3.15. The quantitative estimate of drug-likeness (QED) is 0.813. The molecule has 4 saturated heterocycles. The van der Waals surface area contributed by atoms with Gasteiger partial charge in [0.15, 0.2) is 0 Å². The number of benzene rings is 2. The van der Waals surface area contributed by atoms with E-state index in [9.17, 15) is 4.39 Å². The molecule has 4 fully saturated rings. The van der Waals surface area contributed by atoms with Gasteiger partial charge in [-0.1, -0.05) is 24.3 Å². The first-order valence-electron chi connectivity index (χ1n) is 10.8. The summed E-state index contributed by atoms with van der Waals surface area (Å²) in [5, 5.41) is 9.01. The van der Waals surface area contributed by atoms with Gasteiger partial charge in [0.25, 0.3) is 0 Å². The SMILES string of the molecule is OCCOc1cccc(CN2C[C@@H](c3ccc(F)cc3)[C@@H]3[C@H]2C2CCN3CC2)c1. The second-order valence-corrected chi connectivity index (χ2v) is 8.66. The minimum Gasteiger partial charge on any atom is -0.491 e. The molecular weight excluding hydrogens is 367 g/mol. The van der Waals surface area contributed by atoms with E-state index in [1.165, 1.54) is 37.1 Å². The van der Waals surface area contributed by atoms with Crippen LogP contribution in [-0.2, 0) is 6.54 Å². The lowest BCUT2D eigenvalue weighted by Gasteiger charge is -2.51. The monoisotopic (exact) mass is 396 g/mol. The number of likely N-dealkylation sites (tertiary alicyclic amines) is 1. The molecule has 4 aliphatic rings. The maximum absolute atomic E-state index is 13.5. The molecule has 154 valence electrons. The minimum atomic E-state index is -0.162. The van der Waals surface area contributed by atoms with Crippen LogP contribution in [0.4, 0.5) is 4.39 Å². The van der Waals surface area contributed by atoms with Crippen molar-refractivity contribution in [3.8, 4) is 5.75 Å². The summed E-state index contributed by atoms with van der Waals surface area (Å²) in [7, 11) is 0. The van der Waals surface area contributed by atoms with E-state index in [-0.39, 0.29) is 12.4 Å². The van der Waals surface area contributed by atoms with Crippen LogP contribution in [0.25, 0.3) is 0 Å². The van der Waals surface area contributed by atoms with E-state index < -0.39 is 0 Å². The van der Waals surface area contributed by atoms with Gasteiger partial charge in [-0.2, -0.15) is 0 Å². The normalized spacial score (nSPS) is 31.0. The predicted molar refractivity (Wildman–Crippen MR) is 110 cm³/mol. The van der Waals surface area contributed by atoms with Gasteiger partial charge in [0.1, 0.15) is 18.2 Å². The van der Waals surface area contributed by atoms with Crippen LogP contribution in [0.3, 0.4) is 0 Å². The van der Waals surface area contributed by atoms with Crippen LogP contribution in [0.1, 0.15) is 29.9 Å². The van der Waals surface area contributed by atoms with Crippen LogP contribution in [-0.4, -0.2) is 59.8 Å². The molecule has 0 saturated carbocycles. The Hall–Kier alpha value is -1.95. The Morgan fingerprint density at radius 1 is 1.03 bits per heavy atom. The molecule has 0 aromatic heterocycles. The zero-order valence-electron chi connectivity index (χ0n) is 16.7. The summed E-state index contributed by atoms with van der Waals surface area (Å²) in [4.78, 5) is 5.33. The number of rotatable bonds is 6. The number of hydrogen-bond donors (Lipinski definition) is 1. The van der Waals surface area contributed by atoms with Crippen molar-refractivity contribution >= 4 is 0 Å². The molecule has 0 spiro atoms. The van der Waals surface area contributed by atoms with Crippen LogP contribution in [0, 0.1) is 11.7 Å². The number of fused-ring (bicyclic) bond motifs is 2. The number of aliphatic hydroxyl groups is 1. The molecule has 4 heterocycles. The standard InChI is InChI=1S/C24H29FN2O2/c25-20-6-4-18(5-7-20)22-16-27(23-19-8-10-26(11-9-19)24(22)23)15-17-2-1-3-21(14-17)29-13-12-28/h1-7,14,19,22-24,28H,8-13,15-16H2/t22-,23+,24+/m0/s1. The topological polar surface area (TPSA) is 35.9 Å². The van der Waals surface area contributed by atoms with Gasteiger partial charge in [0, 0.05) is 31.1 Å². The van der Waals surface area contributed by atoms with Crippen molar-refractivity contribution in [2.75, 3.05) is 32.8 Å². The lowest BCUT2D eigenvalue weighted by Crippen LogP contribution is -2.59. The maximum atomic E-state index is 13.5. The van der Waals surface area contributed by atoms with Gasteiger partial charge >= 0.3 is 0 Å². The van der Waals surface area contributed by atoms with Crippen LogP contribution < -0.4 is 4.74 Å². The number of aliphatic hydroxyl groups excluding tert-OH is 1. The third kappa shape index (κ3) is 3.67. The summed E-state index contributed by atoms with van der Waals surface area (Å²) in [6, 6.07) is 16.5. The molecule has 1 N–H and O–H groups in total. The summed E-state index contributed by atoms with van der Waals surface area (Å²) >= 11 is 0. The largest absolute Gasteiger partial charge is 0.491 e. The molecule has 0 unspecified atom stereocenters. The number of hydrogen-bond acceptors (Lipinski definition) is 4. The van der Waals surface area contributed by atoms with Crippen molar-refractivity contribution in [3.05, 3.63) is 65.5 Å². The van der Waals surface area contributed by atoms with Gasteiger partial charge in [-0.3, -0.25) is 9.80 Å². The fraction of sp³-hybridized carbons (Fsp3) is 0.500. The molecule has 29 heavy (non-hydrogen) atoms. The average molecular weight is 397 g/mol. The van der Waals surface area contributed by atoms with E-state index in [0.717, 1.165) is 24.8 Å². The molecule has 3 atom stereocenters. The van der Waals surface area contributed by atoms with Crippen molar-refractivity contribution in [3.63, 3.8) is 0 Å². The van der Waals surface area contributed by atoms with Crippen LogP contribution in [0.15, 0.2) is 48.5 Å². The Morgan fingerprint density at radius 3 is 2.59 bits per heavy atom. The fourth-order valence-electron chi connectivity index (χ4n) is 5.86. The smallest absolute Gasteiger partial charge is 0.123 e. The van der Waals surface area contributed by atoms with Gasteiger partial charge in [0.2, 0.25) is 0 Å². The van der Waals surface area contributed by atoms with Crippen molar-refractivity contribution in [2.45, 2.75) is 37.4 Å². The van der Waals surface area contributed by atoms with Crippen molar-refractivity contribution in [1.29, 1.82) is 0 Å². The van der Waals surface area contributed by atoms with Gasteiger partial charge in [-0.15, -0.1) is 0 Å². The van der Waals surface area contributed by atoms with E-state index in [2.05, 4.69) is 21.9 Å². The van der Waals surface area contributed by atoms with Gasteiger partial charge < -0.3 is 9.84 Å². The third-order valence-corrected chi connectivity index (χ3v) is 7.04. The zero-order valence-corrected chi connectivity index (χ0v) is 16.7. The number of nitrogens with zero attached hydrogens (tertiary/aromatic N) is 2. The molecule has 4 nitrogen and oxygen atoms in total. The Morgan fingerprint density at radius 2 is 1.83 bits per heavy atom. The van der Waals surface area contributed by atoms with Gasteiger partial charge in [-0.25, -0.2) is 4.39 Å². The molecule has 4 aliphatic heterocycles. The first-order valence-corrected chi connectivity index (χ1v) is 10.8. The highest BCUT2D eigenvalue weighted by Gasteiger charge is 2.53. The second kappa shape index (κ2) is 8.05. The maximum Gasteiger partial charge on any atom is 0.123 e. The van der Waals surface area contributed by atoms with Crippen LogP contribution in [0.2, 0.25) is 0 Å². The highest BCUT2D eigenvalue weighted by molar-refractivity contribution is 5.31. The number of piperidine rings is 3. The van der Waals surface area contributed by atoms with E-state index in [4.69, 9.17) is 9.84 Å². The number of halogens is 1. The first-order chi connectivity index (χ1) is 14.2. The van der Waals surface area contributed by atoms with Crippen molar-refractivity contribution < 1.29 is 14.2 Å². The van der Waals surface area contributed by atoms with E-state index in [1.54, 1.807) is 12.1 Å². The summed E-state index contributed by atoms with van der Waals surface area (Å²) in [5.41, 5.74) is 2.51. The lowest BCUT2D eigenvalue weighted by atomic mass is 9.75.